The third kappa shape index (κ3) is 4.53. The van der Waals surface area contributed by atoms with Crippen LogP contribution < -0.4 is 5.73 Å². The van der Waals surface area contributed by atoms with Crippen molar-refractivity contribution in [1.29, 1.82) is 0 Å². The van der Waals surface area contributed by atoms with Crippen molar-refractivity contribution in [3.8, 4) is 12.3 Å². The number of rotatable bonds is 7. The lowest BCUT2D eigenvalue weighted by molar-refractivity contribution is -0.118. The van der Waals surface area contributed by atoms with Crippen LogP contribution in [0.4, 0.5) is 8.78 Å². The van der Waals surface area contributed by atoms with Gasteiger partial charge in [0.2, 0.25) is 15.9 Å². The van der Waals surface area contributed by atoms with Gasteiger partial charge in [0.25, 0.3) is 0 Å². The van der Waals surface area contributed by atoms with E-state index >= 15 is 8.78 Å². The number of carbonyl (C=O) groups is 1. The number of amides is 1. The molecule has 2 aliphatic rings. The molecule has 33 heavy (non-hydrogen) atoms. The molecule has 1 aliphatic carbocycles. The Hall–Kier alpha value is -2.76. The van der Waals surface area contributed by atoms with E-state index in [1.54, 1.807) is 30.3 Å². The molecule has 0 radical (unpaired) electrons. The topological polar surface area (TPSA) is 80.5 Å². The predicted molar refractivity (Wildman–Crippen MR) is 121 cm³/mol. The average Bonchev–Trinajstić information content (AvgIpc) is 3.57. The van der Waals surface area contributed by atoms with Crippen LogP contribution in [0.15, 0.2) is 42.5 Å². The fourth-order valence-electron chi connectivity index (χ4n) is 4.77. The van der Waals surface area contributed by atoms with E-state index in [2.05, 4.69) is 5.92 Å². The SMILES string of the molecule is C#CC1CCC(c2ccccc2)S(=O)(=O)N1Cc1cc(F)c(C2(CCC(N)=O)CC2)cc1F. The van der Waals surface area contributed by atoms with Crippen LogP contribution in [0.25, 0.3) is 0 Å². The number of sulfonamides is 1. The fourth-order valence-corrected chi connectivity index (χ4v) is 6.87. The smallest absolute Gasteiger partial charge is 0.222 e. The fraction of sp³-hybridized carbons (Fsp3) is 0.400. The molecule has 174 valence electrons. The van der Waals surface area contributed by atoms with Crippen molar-refractivity contribution < 1.29 is 22.0 Å². The van der Waals surface area contributed by atoms with Gasteiger partial charge >= 0.3 is 0 Å². The zero-order valence-electron chi connectivity index (χ0n) is 18.1. The van der Waals surface area contributed by atoms with E-state index in [0.717, 1.165) is 16.4 Å². The summed E-state index contributed by atoms with van der Waals surface area (Å²) in [4.78, 5) is 11.2. The zero-order chi connectivity index (χ0) is 23.8. The summed E-state index contributed by atoms with van der Waals surface area (Å²) >= 11 is 0. The van der Waals surface area contributed by atoms with Gasteiger partial charge in [-0.3, -0.25) is 4.79 Å². The second-order valence-corrected chi connectivity index (χ2v) is 11.0. The van der Waals surface area contributed by atoms with Gasteiger partial charge in [0.1, 0.15) is 16.9 Å². The lowest BCUT2D eigenvalue weighted by Gasteiger charge is -2.37. The van der Waals surface area contributed by atoms with E-state index in [-0.39, 0.29) is 24.1 Å². The van der Waals surface area contributed by atoms with Gasteiger partial charge in [0.15, 0.2) is 0 Å². The Morgan fingerprint density at radius 2 is 1.85 bits per heavy atom. The molecule has 8 heteroatoms. The number of nitrogens with zero attached hydrogens (tertiary/aromatic N) is 1. The Kier molecular flexibility index (Phi) is 6.30. The number of benzene rings is 2. The lowest BCUT2D eigenvalue weighted by atomic mass is 9.89. The highest BCUT2D eigenvalue weighted by atomic mass is 32.2. The van der Waals surface area contributed by atoms with Crippen LogP contribution in [0.3, 0.4) is 0 Å². The highest BCUT2D eigenvalue weighted by Crippen LogP contribution is 2.53. The number of halogens is 2. The summed E-state index contributed by atoms with van der Waals surface area (Å²) in [5.74, 6) is 0.710. The van der Waals surface area contributed by atoms with Crippen molar-refractivity contribution >= 4 is 15.9 Å². The minimum atomic E-state index is -3.90. The first kappa shape index (κ1) is 23.4. The summed E-state index contributed by atoms with van der Waals surface area (Å²) in [5.41, 5.74) is 5.42. The molecule has 2 aromatic carbocycles. The molecule has 2 aromatic rings. The maximum absolute atomic E-state index is 15.1. The molecule has 2 unspecified atom stereocenters. The number of primary amides is 1. The highest BCUT2D eigenvalue weighted by molar-refractivity contribution is 7.89. The summed E-state index contributed by atoms with van der Waals surface area (Å²) in [6, 6.07) is 10.3. The Labute approximate surface area is 193 Å². The zero-order valence-corrected chi connectivity index (χ0v) is 19.0. The third-order valence-corrected chi connectivity index (χ3v) is 9.10. The second kappa shape index (κ2) is 8.88. The highest BCUT2D eigenvalue weighted by Gasteiger charge is 2.46. The quantitative estimate of drug-likeness (QED) is 0.620. The van der Waals surface area contributed by atoms with Crippen LogP contribution in [0.2, 0.25) is 0 Å². The van der Waals surface area contributed by atoms with E-state index in [4.69, 9.17) is 12.2 Å². The normalized spacial score (nSPS) is 23.5. The minimum Gasteiger partial charge on any atom is -0.370 e. The van der Waals surface area contributed by atoms with Crippen molar-refractivity contribution in [3.05, 3.63) is 70.8 Å². The van der Waals surface area contributed by atoms with Gasteiger partial charge in [0.05, 0.1) is 6.04 Å². The van der Waals surface area contributed by atoms with E-state index < -0.39 is 44.3 Å². The van der Waals surface area contributed by atoms with Gasteiger partial charge in [-0.2, -0.15) is 4.31 Å². The summed E-state index contributed by atoms with van der Waals surface area (Å²) in [7, 11) is -3.90. The molecule has 5 nitrogen and oxygen atoms in total. The molecule has 2 N–H and O–H groups in total. The molecule has 0 bridgehead atoms. The molecule has 0 spiro atoms. The van der Waals surface area contributed by atoms with Crippen LogP contribution in [0.5, 0.6) is 0 Å². The number of hydrogen-bond acceptors (Lipinski definition) is 3. The predicted octanol–water partition coefficient (Wildman–Crippen LogP) is 3.93. The first-order chi connectivity index (χ1) is 15.7. The summed E-state index contributed by atoms with van der Waals surface area (Å²) < 4.78 is 58.2. The molecule has 2 atom stereocenters. The number of terminal acetylenes is 1. The lowest BCUT2D eigenvalue weighted by Crippen LogP contribution is -2.45. The monoisotopic (exact) mass is 472 g/mol. The third-order valence-electron chi connectivity index (χ3n) is 6.84. The van der Waals surface area contributed by atoms with E-state index in [0.29, 0.717) is 37.7 Å². The molecule has 1 amide bonds. The van der Waals surface area contributed by atoms with Gasteiger partial charge in [-0.1, -0.05) is 36.3 Å². The van der Waals surface area contributed by atoms with E-state index in [1.807, 2.05) is 0 Å². The number of carbonyl (C=O) groups excluding carboxylic acids is 1. The van der Waals surface area contributed by atoms with Crippen LogP contribution >= 0.6 is 0 Å². The van der Waals surface area contributed by atoms with Crippen molar-refractivity contribution in [2.45, 2.75) is 61.8 Å². The molecule has 0 aromatic heterocycles. The molecule has 2 fully saturated rings. The minimum absolute atomic E-state index is 0.0699. The average molecular weight is 473 g/mol. The van der Waals surface area contributed by atoms with Crippen molar-refractivity contribution in [3.63, 3.8) is 0 Å². The van der Waals surface area contributed by atoms with E-state index in [9.17, 15) is 13.2 Å². The van der Waals surface area contributed by atoms with Gasteiger partial charge in [-0.05, 0) is 60.8 Å². The van der Waals surface area contributed by atoms with Crippen molar-refractivity contribution in [1.82, 2.24) is 4.31 Å². The second-order valence-electron chi connectivity index (χ2n) is 8.92. The molecule has 4 rings (SSSR count). The maximum Gasteiger partial charge on any atom is 0.222 e. The molecule has 1 heterocycles. The molecule has 1 aliphatic heterocycles. The summed E-state index contributed by atoms with van der Waals surface area (Å²) in [6.07, 6.45) is 8.14. The van der Waals surface area contributed by atoms with Crippen LogP contribution in [0, 0.1) is 24.0 Å². The largest absolute Gasteiger partial charge is 0.370 e. The molecular weight excluding hydrogens is 446 g/mol. The number of hydrogen-bond donors (Lipinski definition) is 1. The summed E-state index contributed by atoms with van der Waals surface area (Å²) in [5, 5.41) is -0.793. The van der Waals surface area contributed by atoms with Gasteiger partial charge in [-0.15, -0.1) is 6.42 Å². The summed E-state index contributed by atoms with van der Waals surface area (Å²) in [6.45, 7) is -0.349. The van der Waals surface area contributed by atoms with Crippen molar-refractivity contribution in [2.75, 3.05) is 0 Å². The first-order valence-corrected chi connectivity index (χ1v) is 12.5. The Morgan fingerprint density at radius 3 is 2.45 bits per heavy atom. The first-order valence-electron chi connectivity index (χ1n) is 11.0. The van der Waals surface area contributed by atoms with Crippen LogP contribution in [0.1, 0.15) is 60.5 Å². The van der Waals surface area contributed by atoms with E-state index in [1.165, 1.54) is 0 Å². The number of nitrogens with two attached hydrogens (primary N) is 1. The Balaban J connectivity index is 1.64. The van der Waals surface area contributed by atoms with Crippen LogP contribution in [-0.4, -0.2) is 24.7 Å². The standard InChI is InChI=1S/C25H26F2N2O3S/c1-2-19-8-9-23(17-6-4-3-5-7-17)33(31,32)29(19)16-18-14-22(27)20(15-21(18)26)25(12-13-25)11-10-24(28)30/h1,3-7,14-15,19,23H,8-13,16H2,(H2,28,30). The molecule has 1 saturated heterocycles. The van der Waals surface area contributed by atoms with Crippen LogP contribution in [-0.2, 0) is 26.8 Å². The van der Waals surface area contributed by atoms with Gasteiger partial charge in [-0.25, -0.2) is 17.2 Å². The Morgan fingerprint density at radius 1 is 1.15 bits per heavy atom. The van der Waals surface area contributed by atoms with Crippen molar-refractivity contribution in [2.24, 2.45) is 5.73 Å². The van der Waals surface area contributed by atoms with Gasteiger partial charge in [0, 0.05) is 18.5 Å². The van der Waals surface area contributed by atoms with Gasteiger partial charge < -0.3 is 5.73 Å². The maximum atomic E-state index is 15.1. The molecule has 1 saturated carbocycles. The Bertz CT molecular complexity index is 1200. The molecular formula is C25H26F2N2O3S.